The first-order chi connectivity index (χ1) is 8.99. The largest absolute Gasteiger partial charge is 0.365 e. The number of piperazine rings is 1. The Morgan fingerprint density at radius 2 is 2.16 bits per heavy atom. The maximum absolute atomic E-state index is 13.4. The molecule has 3 heteroatoms. The highest BCUT2D eigenvalue weighted by molar-refractivity contribution is 5.51. The number of anilines is 1. The average Bonchev–Trinajstić information content (AvgIpc) is 2.42. The van der Waals surface area contributed by atoms with Crippen molar-refractivity contribution >= 4 is 5.69 Å². The third-order valence-electron chi connectivity index (χ3n) is 4.45. The van der Waals surface area contributed by atoms with Gasteiger partial charge in [0.25, 0.3) is 0 Å². The van der Waals surface area contributed by atoms with Crippen LogP contribution in [0.5, 0.6) is 0 Å². The highest BCUT2D eigenvalue weighted by Gasteiger charge is 2.33. The van der Waals surface area contributed by atoms with Crippen LogP contribution in [0.15, 0.2) is 18.2 Å². The van der Waals surface area contributed by atoms with Crippen LogP contribution in [0.4, 0.5) is 10.1 Å². The third kappa shape index (κ3) is 2.92. The van der Waals surface area contributed by atoms with E-state index in [-0.39, 0.29) is 11.4 Å². The van der Waals surface area contributed by atoms with E-state index in [0.717, 1.165) is 37.2 Å². The third-order valence-corrected chi connectivity index (χ3v) is 4.45. The number of nitrogens with one attached hydrogen (secondary N) is 1. The Labute approximate surface area is 116 Å². The van der Waals surface area contributed by atoms with Crippen molar-refractivity contribution in [3.8, 4) is 0 Å². The summed E-state index contributed by atoms with van der Waals surface area (Å²) in [4.78, 5) is 2.44. The first-order valence-corrected chi connectivity index (χ1v) is 7.27. The summed E-state index contributed by atoms with van der Waals surface area (Å²) in [6.07, 6.45) is 2.20. The molecule has 2 unspecified atom stereocenters. The van der Waals surface area contributed by atoms with Crippen molar-refractivity contribution in [2.24, 2.45) is 0 Å². The van der Waals surface area contributed by atoms with Gasteiger partial charge < -0.3 is 10.2 Å². The predicted molar refractivity (Wildman–Crippen MR) is 79.3 cm³/mol. The minimum Gasteiger partial charge on any atom is -0.365 e. The number of hydrogen-bond donors (Lipinski definition) is 1. The monoisotopic (exact) mass is 264 g/mol. The number of hydrogen-bond acceptors (Lipinski definition) is 2. The summed E-state index contributed by atoms with van der Waals surface area (Å²) in [5, 5.41) is 3.66. The topological polar surface area (TPSA) is 15.3 Å². The van der Waals surface area contributed by atoms with Gasteiger partial charge in [0.05, 0.1) is 0 Å². The molecule has 1 heterocycles. The molecule has 2 rings (SSSR count). The van der Waals surface area contributed by atoms with Crippen LogP contribution >= 0.6 is 0 Å². The van der Waals surface area contributed by atoms with Crippen LogP contribution in [-0.4, -0.2) is 24.7 Å². The van der Waals surface area contributed by atoms with Crippen LogP contribution in [0.3, 0.4) is 0 Å². The van der Waals surface area contributed by atoms with Crippen molar-refractivity contribution in [2.45, 2.75) is 52.1 Å². The first kappa shape index (κ1) is 14.3. The van der Waals surface area contributed by atoms with Gasteiger partial charge in [-0.3, -0.25) is 0 Å². The molecule has 0 spiro atoms. The van der Waals surface area contributed by atoms with E-state index in [1.54, 1.807) is 6.07 Å². The molecule has 1 saturated heterocycles. The SMILES string of the molecule is CCC1CNC(C)(CC)CN1c1ccc(F)c(C)c1. The summed E-state index contributed by atoms with van der Waals surface area (Å²) in [5.74, 6) is -0.120. The molecule has 0 aromatic heterocycles. The Hall–Kier alpha value is -1.09. The minimum atomic E-state index is -0.120. The lowest BCUT2D eigenvalue weighted by molar-refractivity contribution is 0.276. The van der Waals surface area contributed by atoms with Gasteiger partial charge in [-0.2, -0.15) is 0 Å². The van der Waals surface area contributed by atoms with Crippen molar-refractivity contribution in [3.63, 3.8) is 0 Å². The van der Waals surface area contributed by atoms with E-state index >= 15 is 0 Å². The Bertz CT molecular complexity index is 446. The maximum atomic E-state index is 13.4. The van der Waals surface area contributed by atoms with Gasteiger partial charge in [-0.25, -0.2) is 4.39 Å². The predicted octanol–water partition coefficient (Wildman–Crippen LogP) is 3.49. The number of halogens is 1. The quantitative estimate of drug-likeness (QED) is 0.899. The zero-order valence-electron chi connectivity index (χ0n) is 12.5. The molecule has 1 fully saturated rings. The molecule has 1 aliphatic heterocycles. The number of aryl methyl sites for hydroxylation is 1. The van der Waals surface area contributed by atoms with Gasteiger partial charge >= 0.3 is 0 Å². The highest BCUT2D eigenvalue weighted by Crippen LogP contribution is 2.27. The summed E-state index contributed by atoms with van der Waals surface area (Å²) in [7, 11) is 0. The molecule has 0 bridgehead atoms. The Balaban J connectivity index is 2.29. The number of rotatable bonds is 3. The lowest BCUT2D eigenvalue weighted by Crippen LogP contribution is -2.62. The molecule has 0 aliphatic carbocycles. The Morgan fingerprint density at radius 3 is 2.74 bits per heavy atom. The Kier molecular flexibility index (Phi) is 4.14. The number of nitrogens with zero attached hydrogens (tertiary/aromatic N) is 1. The van der Waals surface area contributed by atoms with Crippen molar-refractivity contribution in [3.05, 3.63) is 29.6 Å². The van der Waals surface area contributed by atoms with Crippen LogP contribution < -0.4 is 10.2 Å². The molecule has 0 radical (unpaired) electrons. The zero-order valence-corrected chi connectivity index (χ0v) is 12.5. The molecule has 1 aromatic rings. The van der Waals surface area contributed by atoms with Crippen molar-refractivity contribution in [1.82, 2.24) is 5.32 Å². The van der Waals surface area contributed by atoms with Crippen LogP contribution in [0, 0.1) is 12.7 Å². The minimum absolute atomic E-state index is 0.120. The van der Waals surface area contributed by atoms with Crippen molar-refractivity contribution in [1.29, 1.82) is 0 Å². The molecule has 19 heavy (non-hydrogen) atoms. The summed E-state index contributed by atoms with van der Waals surface area (Å²) < 4.78 is 13.4. The van der Waals surface area contributed by atoms with E-state index in [1.165, 1.54) is 0 Å². The molecule has 0 amide bonds. The van der Waals surface area contributed by atoms with Gasteiger partial charge in [-0.15, -0.1) is 0 Å². The molecule has 106 valence electrons. The molecule has 1 N–H and O–H groups in total. The normalized spacial score (nSPS) is 27.6. The van der Waals surface area contributed by atoms with Crippen LogP contribution in [-0.2, 0) is 0 Å². The van der Waals surface area contributed by atoms with Crippen molar-refractivity contribution < 1.29 is 4.39 Å². The van der Waals surface area contributed by atoms with Gasteiger partial charge in [0.1, 0.15) is 5.82 Å². The van der Waals surface area contributed by atoms with Crippen molar-refractivity contribution in [2.75, 3.05) is 18.0 Å². The highest BCUT2D eigenvalue weighted by atomic mass is 19.1. The molecular weight excluding hydrogens is 239 g/mol. The fraction of sp³-hybridized carbons (Fsp3) is 0.625. The summed E-state index contributed by atoms with van der Waals surface area (Å²) in [6.45, 7) is 10.5. The molecular formula is C16H25FN2. The van der Waals surface area contributed by atoms with E-state index in [1.807, 2.05) is 19.1 Å². The average molecular weight is 264 g/mol. The van der Waals surface area contributed by atoms with E-state index in [2.05, 4.69) is 31.0 Å². The van der Waals surface area contributed by atoms with Gasteiger partial charge in [0, 0.05) is 30.4 Å². The second kappa shape index (κ2) is 5.49. The molecule has 2 nitrogen and oxygen atoms in total. The molecule has 1 aromatic carbocycles. The molecule has 2 atom stereocenters. The molecule has 0 saturated carbocycles. The zero-order chi connectivity index (χ0) is 14.0. The smallest absolute Gasteiger partial charge is 0.126 e. The first-order valence-electron chi connectivity index (χ1n) is 7.27. The summed E-state index contributed by atoms with van der Waals surface area (Å²) in [6, 6.07) is 5.96. The van der Waals surface area contributed by atoms with Gasteiger partial charge in [0.2, 0.25) is 0 Å². The van der Waals surface area contributed by atoms with Crippen LogP contribution in [0.1, 0.15) is 39.2 Å². The van der Waals surface area contributed by atoms with Gasteiger partial charge in [-0.1, -0.05) is 13.8 Å². The van der Waals surface area contributed by atoms with E-state index < -0.39 is 0 Å². The van der Waals surface area contributed by atoms with Crippen LogP contribution in [0.25, 0.3) is 0 Å². The summed E-state index contributed by atoms with van der Waals surface area (Å²) >= 11 is 0. The second-order valence-electron chi connectivity index (χ2n) is 5.92. The van der Waals surface area contributed by atoms with Gasteiger partial charge in [-0.05, 0) is 50.5 Å². The fourth-order valence-corrected chi connectivity index (χ4v) is 2.75. The second-order valence-corrected chi connectivity index (χ2v) is 5.92. The van der Waals surface area contributed by atoms with E-state index in [0.29, 0.717) is 6.04 Å². The van der Waals surface area contributed by atoms with E-state index in [9.17, 15) is 4.39 Å². The Morgan fingerprint density at radius 1 is 1.42 bits per heavy atom. The van der Waals surface area contributed by atoms with Gasteiger partial charge in [0.15, 0.2) is 0 Å². The lowest BCUT2D eigenvalue weighted by atomic mass is 9.92. The lowest BCUT2D eigenvalue weighted by Gasteiger charge is -2.47. The summed E-state index contributed by atoms with van der Waals surface area (Å²) in [5.41, 5.74) is 2.02. The van der Waals surface area contributed by atoms with E-state index in [4.69, 9.17) is 0 Å². The molecule has 1 aliphatic rings. The number of benzene rings is 1. The standard InChI is InChI=1S/C16H25FN2/c1-5-13-10-18-16(4,6-2)11-19(13)14-7-8-15(17)12(3)9-14/h7-9,13,18H,5-6,10-11H2,1-4H3. The van der Waals surface area contributed by atoms with Crippen LogP contribution in [0.2, 0.25) is 0 Å². The maximum Gasteiger partial charge on any atom is 0.126 e. The fourth-order valence-electron chi connectivity index (χ4n) is 2.75.